The van der Waals surface area contributed by atoms with Gasteiger partial charge in [0.05, 0.1) is 18.8 Å². The second-order valence-corrected chi connectivity index (χ2v) is 8.72. The number of rotatable bonds is 7. The normalized spacial score (nSPS) is 27.5. The van der Waals surface area contributed by atoms with Gasteiger partial charge in [-0.15, -0.1) is 24.0 Å². The summed E-state index contributed by atoms with van der Waals surface area (Å²) in [5.74, 6) is 1.06. The molecule has 6 nitrogen and oxygen atoms in total. The molecule has 3 fully saturated rings. The Bertz CT molecular complexity index is 466. The monoisotopic (exact) mass is 522 g/mol. The first-order chi connectivity index (χ1) is 13.8. The third kappa shape index (κ3) is 8.50. The molecule has 2 unspecified atom stereocenters. The molecule has 0 amide bonds. The van der Waals surface area contributed by atoms with Crippen LogP contribution in [0, 0.1) is 0 Å². The molecule has 0 bridgehead atoms. The van der Waals surface area contributed by atoms with Gasteiger partial charge >= 0.3 is 0 Å². The minimum Gasteiger partial charge on any atom is -0.376 e. The SMILES string of the molecule is CN=C(NCCCN1CCCCC1C)N1CCC(OCC2CCCCO2)CC1.I. The molecule has 0 radical (unpaired) electrons. The highest BCUT2D eigenvalue weighted by atomic mass is 127. The van der Waals surface area contributed by atoms with Gasteiger partial charge in [0.2, 0.25) is 0 Å². The second kappa shape index (κ2) is 14.0. The van der Waals surface area contributed by atoms with Gasteiger partial charge in [0.15, 0.2) is 5.96 Å². The maximum atomic E-state index is 6.14. The molecule has 1 N–H and O–H groups in total. The molecule has 170 valence electrons. The summed E-state index contributed by atoms with van der Waals surface area (Å²) in [5, 5.41) is 3.58. The molecule has 29 heavy (non-hydrogen) atoms. The third-order valence-electron chi connectivity index (χ3n) is 6.59. The summed E-state index contributed by atoms with van der Waals surface area (Å²) >= 11 is 0. The van der Waals surface area contributed by atoms with Gasteiger partial charge in [-0.3, -0.25) is 4.99 Å². The zero-order valence-corrected chi connectivity index (χ0v) is 20.9. The highest BCUT2D eigenvalue weighted by Crippen LogP contribution is 2.18. The number of hydrogen-bond acceptors (Lipinski definition) is 4. The van der Waals surface area contributed by atoms with E-state index in [0.717, 1.165) is 64.1 Å². The number of halogens is 1. The van der Waals surface area contributed by atoms with E-state index in [9.17, 15) is 0 Å². The van der Waals surface area contributed by atoms with E-state index in [1.807, 2.05) is 7.05 Å². The van der Waals surface area contributed by atoms with Crippen molar-refractivity contribution in [2.45, 2.75) is 83.0 Å². The van der Waals surface area contributed by atoms with Crippen molar-refractivity contribution < 1.29 is 9.47 Å². The molecule has 2 atom stereocenters. The maximum Gasteiger partial charge on any atom is 0.193 e. The summed E-state index contributed by atoms with van der Waals surface area (Å²) in [7, 11) is 1.90. The van der Waals surface area contributed by atoms with Crippen LogP contribution in [0.2, 0.25) is 0 Å². The first kappa shape index (κ1) is 25.1. The van der Waals surface area contributed by atoms with Crippen molar-refractivity contribution in [2.24, 2.45) is 4.99 Å². The summed E-state index contributed by atoms with van der Waals surface area (Å²) < 4.78 is 11.9. The summed E-state index contributed by atoms with van der Waals surface area (Å²) in [6.45, 7) is 9.58. The molecule has 3 rings (SSSR count). The van der Waals surface area contributed by atoms with Crippen LogP contribution < -0.4 is 5.32 Å². The van der Waals surface area contributed by atoms with Crippen molar-refractivity contribution in [3.63, 3.8) is 0 Å². The van der Waals surface area contributed by atoms with Crippen LogP contribution in [0.5, 0.6) is 0 Å². The van der Waals surface area contributed by atoms with Crippen LogP contribution in [0.4, 0.5) is 0 Å². The van der Waals surface area contributed by atoms with E-state index in [2.05, 4.69) is 27.0 Å². The lowest BCUT2D eigenvalue weighted by molar-refractivity contribution is -0.0721. The summed E-state index contributed by atoms with van der Waals surface area (Å²) in [4.78, 5) is 9.55. The molecule has 0 spiro atoms. The van der Waals surface area contributed by atoms with Crippen molar-refractivity contribution >= 4 is 29.9 Å². The Hall–Kier alpha value is -0.120. The molecule has 0 saturated carbocycles. The zero-order chi connectivity index (χ0) is 19.6. The fourth-order valence-corrected chi connectivity index (χ4v) is 4.72. The smallest absolute Gasteiger partial charge is 0.193 e. The molecule has 0 aromatic carbocycles. The molecule has 0 aliphatic carbocycles. The van der Waals surface area contributed by atoms with E-state index in [1.54, 1.807) is 0 Å². The standard InChI is InChI=1S/C22H42N4O2.HI/c1-19-8-3-5-13-25(19)14-7-12-24-22(23-2)26-15-10-20(11-16-26)28-18-21-9-4-6-17-27-21;/h19-21H,3-18H2,1-2H3,(H,23,24);1H. The van der Waals surface area contributed by atoms with Crippen molar-refractivity contribution in [3.8, 4) is 0 Å². The van der Waals surface area contributed by atoms with Gasteiger partial charge in [0.1, 0.15) is 0 Å². The van der Waals surface area contributed by atoms with Crippen LogP contribution in [0.1, 0.15) is 64.7 Å². The molecular formula is C22H43IN4O2. The van der Waals surface area contributed by atoms with Gasteiger partial charge in [-0.05, 0) is 64.8 Å². The van der Waals surface area contributed by atoms with E-state index < -0.39 is 0 Å². The topological polar surface area (TPSA) is 49.3 Å². The number of piperidine rings is 2. The average molecular weight is 523 g/mol. The molecule has 3 saturated heterocycles. The third-order valence-corrected chi connectivity index (χ3v) is 6.59. The van der Waals surface area contributed by atoms with Crippen molar-refractivity contribution in [1.29, 1.82) is 0 Å². The molecule has 3 aliphatic heterocycles. The predicted molar refractivity (Wildman–Crippen MR) is 130 cm³/mol. The number of nitrogens with one attached hydrogen (secondary N) is 1. The lowest BCUT2D eigenvalue weighted by Crippen LogP contribution is -2.48. The van der Waals surface area contributed by atoms with Gasteiger partial charge in [-0.2, -0.15) is 0 Å². The van der Waals surface area contributed by atoms with E-state index in [0.29, 0.717) is 12.2 Å². The Kier molecular flexibility index (Phi) is 12.2. The number of guanidine groups is 1. The zero-order valence-electron chi connectivity index (χ0n) is 18.6. The number of likely N-dealkylation sites (tertiary alicyclic amines) is 2. The van der Waals surface area contributed by atoms with E-state index in [-0.39, 0.29) is 24.0 Å². The van der Waals surface area contributed by atoms with E-state index in [4.69, 9.17) is 9.47 Å². The van der Waals surface area contributed by atoms with Crippen LogP contribution in [-0.2, 0) is 9.47 Å². The fourth-order valence-electron chi connectivity index (χ4n) is 4.72. The van der Waals surface area contributed by atoms with Gasteiger partial charge in [-0.25, -0.2) is 0 Å². The first-order valence-electron chi connectivity index (χ1n) is 11.7. The Labute approximate surface area is 195 Å². The molecule has 3 aliphatic rings. The summed E-state index contributed by atoms with van der Waals surface area (Å²) in [5.41, 5.74) is 0. The number of ether oxygens (including phenoxy) is 2. The minimum atomic E-state index is 0. The second-order valence-electron chi connectivity index (χ2n) is 8.72. The highest BCUT2D eigenvalue weighted by molar-refractivity contribution is 14.0. The maximum absolute atomic E-state index is 6.14. The quantitative estimate of drug-likeness (QED) is 0.240. The van der Waals surface area contributed by atoms with Crippen LogP contribution in [0.25, 0.3) is 0 Å². The molecule has 3 heterocycles. The minimum absolute atomic E-state index is 0. The fraction of sp³-hybridized carbons (Fsp3) is 0.955. The first-order valence-corrected chi connectivity index (χ1v) is 11.7. The van der Waals surface area contributed by atoms with Gasteiger partial charge < -0.3 is 24.6 Å². The van der Waals surface area contributed by atoms with Crippen LogP contribution in [0.3, 0.4) is 0 Å². The highest BCUT2D eigenvalue weighted by Gasteiger charge is 2.24. The van der Waals surface area contributed by atoms with Gasteiger partial charge in [-0.1, -0.05) is 6.42 Å². The largest absolute Gasteiger partial charge is 0.376 e. The molecule has 0 aromatic heterocycles. The lowest BCUT2D eigenvalue weighted by atomic mass is 10.0. The van der Waals surface area contributed by atoms with Crippen LogP contribution in [-0.4, -0.2) is 87.0 Å². The number of aliphatic imine (C=N–C) groups is 1. The van der Waals surface area contributed by atoms with E-state index >= 15 is 0 Å². The van der Waals surface area contributed by atoms with Crippen molar-refractivity contribution in [3.05, 3.63) is 0 Å². The summed E-state index contributed by atoms with van der Waals surface area (Å²) in [6.07, 6.45) is 11.8. The number of hydrogen-bond donors (Lipinski definition) is 1. The average Bonchev–Trinajstić information content (AvgIpc) is 2.75. The van der Waals surface area contributed by atoms with Crippen molar-refractivity contribution in [2.75, 3.05) is 53.0 Å². The Morgan fingerprint density at radius 2 is 1.86 bits per heavy atom. The van der Waals surface area contributed by atoms with Crippen molar-refractivity contribution in [1.82, 2.24) is 15.1 Å². The molecule has 7 heteroatoms. The Morgan fingerprint density at radius 1 is 1.07 bits per heavy atom. The predicted octanol–water partition coefficient (Wildman–Crippen LogP) is 3.49. The van der Waals surface area contributed by atoms with Crippen LogP contribution in [0.15, 0.2) is 4.99 Å². The van der Waals surface area contributed by atoms with Gasteiger partial charge in [0.25, 0.3) is 0 Å². The Morgan fingerprint density at radius 3 is 2.55 bits per heavy atom. The molecular weight excluding hydrogens is 479 g/mol. The number of nitrogens with zero attached hydrogens (tertiary/aromatic N) is 3. The van der Waals surface area contributed by atoms with Crippen LogP contribution >= 0.6 is 24.0 Å². The lowest BCUT2D eigenvalue weighted by Gasteiger charge is -2.35. The Balaban J connectivity index is 0.00000300. The van der Waals surface area contributed by atoms with E-state index in [1.165, 1.54) is 51.6 Å². The summed E-state index contributed by atoms with van der Waals surface area (Å²) in [6, 6.07) is 0.756. The van der Waals surface area contributed by atoms with Gasteiger partial charge in [0, 0.05) is 45.9 Å². The molecule has 0 aromatic rings.